The minimum Gasteiger partial charge on any atom is -0.360 e. The smallest absolute Gasteiger partial charge is 0.193 e. The number of rotatable bonds is 4. The Bertz CT molecular complexity index is 834. The molecular weight excluding hydrogens is 286 g/mol. The fourth-order valence-electron chi connectivity index (χ4n) is 2.01. The second-order valence-electron chi connectivity index (χ2n) is 5.13. The molecule has 2 aromatic rings. The fraction of sp³-hybridized carbons (Fsp3) is 0.105. The maximum atomic E-state index is 12.5. The maximum Gasteiger partial charge on any atom is 0.193 e. The van der Waals surface area contributed by atoms with Gasteiger partial charge in [-0.1, -0.05) is 12.1 Å². The molecule has 0 saturated carbocycles. The molecule has 0 spiro atoms. The zero-order valence-corrected chi connectivity index (χ0v) is 12.9. The van der Waals surface area contributed by atoms with Gasteiger partial charge in [-0.2, -0.15) is 10.5 Å². The van der Waals surface area contributed by atoms with Crippen LogP contribution in [0.5, 0.6) is 0 Å². The summed E-state index contributed by atoms with van der Waals surface area (Å²) in [6, 6.07) is 16.1. The molecule has 0 radical (unpaired) electrons. The average Bonchev–Trinajstić information content (AvgIpc) is 2.58. The topological polar surface area (TPSA) is 76.7 Å². The largest absolute Gasteiger partial charge is 0.360 e. The Morgan fingerprint density at radius 1 is 0.957 bits per heavy atom. The zero-order chi connectivity index (χ0) is 16.8. The molecule has 23 heavy (non-hydrogen) atoms. The Balaban J connectivity index is 2.18. The third-order valence-electron chi connectivity index (χ3n) is 3.54. The van der Waals surface area contributed by atoms with E-state index in [4.69, 9.17) is 10.5 Å². The van der Waals surface area contributed by atoms with Crippen LogP contribution in [0.4, 0.5) is 5.69 Å². The maximum absolute atomic E-state index is 12.5. The second-order valence-corrected chi connectivity index (χ2v) is 5.13. The van der Waals surface area contributed by atoms with E-state index >= 15 is 0 Å². The van der Waals surface area contributed by atoms with Crippen molar-refractivity contribution in [3.63, 3.8) is 0 Å². The number of benzene rings is 2. The summed E-state index contributed by atoms with van der Waals surface area (Å²) in [6.07, 6.45) is 1.33. The predicted octanol–water partition coefficient (Wildman–Crippen LogP) is 3.88. The van der Waals surface area contributed by atoms with Gasteiger partial charge in [-0.3, -0.25) is 4.79 Å². The Labute approximate surface area is 135 Å². The van der Waals surface area contributed by atoms with Crippen molar-refractivity contribution in [2.24, 2.45) is 0 Å². The van der Waals surface area contributed by atoms with Gasteiger partial charge in [0.2, 0.25) is 0 Å². The van der Waals surface area contributed by atoms with Gasteiger partial charge >= 0.3 is 0 Å². The first-order valence-corrected chi connectivity index (χ1v) is 7.04. The summed E-state index contributed by atoms with van der Waals surface area (Å²) in [5, 5.41) is 20.2. The van der Waals surface area contributed by atoms with Crippen molar-refractivity contribution in [2.45, 2.75) is 13.8 Å². The highest BCUT2D eigenvalue weighted by Gasteiger charge is 2.09. The van der Waals surface area contributed by atoms with Gasteiger partial charge in [0.05, 0.1) is 0 Å². The Hall–Kier alpha value is -3.37. The number of ketones is 1. The molecule has 0 aliphatic carbocycles. The van der Waals surface area contributed by atoms with E-state index in [1.165, 1.54) is 6.20 Å². The van der Waals surface area contributed by atoms with Gasteiger partial charge in [-0.25, -0.2) is 0 Å². The van der Waals surface area contributed by atoms with Crippen LogP contribution in [0.3, 0.4) is 0 Å². The van der Waals surface area contributed by atoms with Crippen molar-refractivity contribution in [1.82, 2.24) is 0 Å². The van der Waals surface area contributed by atoms with Gasteiger partial charge < -0.3 is 5.32 Å². The van der Waals surface area contributed by atoms with E-state index in [0.29, 0.717) is 16.8 Å². The van der Waals surface area contributed by atoms with E-state index in [0.717, 1.165) is 11.1 Å². The SMILES string of the molecule is Cc1ccc(C(=O)c2ccc(NC=C(C#N)C#N)cc2)cc1C. The first-order chi connectivity index (χ1) is 11.0. The van der Waals surface area contributed by atoms with Crippen molar-refractivity contribution in [3.8, 4) is 12.1 Å². The molecule has 0 fully saturated rings. The lowest BCUT2D eigenvalue weighted by molar-refractivity contribution is 0.103. The van der Waals surface area contributed by atoms with Crippen molar-refractivity contribution >= 4 is 11.5 Å². The van der Waals surface area contributed by atoms with Crippen molar-refractivity contribution in [3.05, 3.63) is 76.5 Å². The van der Waals surface area contributed by atoms with Crippen LogP contribution in [0.2, 0.25) is 0 Å². The van der Waals surface area contributed by atoms with Crippen molar-refractivity contribution in [1.29, 1.82) is 10.5 Å². The molecule has 0 aliphatic rings. The van der Waals surface area contributed by atoms with Gasteiger partial charge in [0.25, 0.3) is 0 Å². The number of hydrogen-bond acceptors (Lipinski definition) is 4. The molecule has 2 rings (SSSR count). The number of nitriles is 2. The third-order valence-corrected chi connectivity index (χ3v) is 3.54. The van der Waals surface area contributed by atoms with Crippen LogP contribution in [0.15, 0.2) is 54.2 Å². The molecule has 4 nitrogen and oxygen atoms in total. The lowest BCUT2D eigenvalue weighted by atomic mass is 9.99. The molecule has 0 bridgehead atoms. The minimum atomic E-state index is -0.0371. The normalized spacial score (nSPS) is 9.39. The number of nitrogens with zero attached hydrogens (tertiary/aromatic N) is 2. The number of anilines is 1. The number of allylic oxidation sites excluding steroid dienone is 1. The van der Waals surface area contributed by atoms with Crippen LogP contribution >= 0.6 is 0 Å². The van der Waals surface area contributed by atoms with Gasteiger partial charge in [0.15, 0.2) is 5.78 Å². The van der Waals surface area contributed by atoms with Gasteiger partial charge in [-0.15, -0.1) is 0 Å². The van der Waals surface area contributed by atoms with E-state index in [-0.39, 0.29) is 11.4 Å². The summed E-state index contributed by atoms with van der Waals surface area (Å²) in [5.74, 6) is -0.0371. The molecule has 1 N–H and O–H groups in total. The van der Waals surface area contributed by atoms with E-state index in [1.807, 2.05) is 32.0 Å². The Morgan fingerprint density at radius 3 is 2.13 bits per heavy atom. The monoisotopic (exact) mass is 301 g/mol. The lowest BCUT2D eigenvalue weighted by Crippen LogP contribution is -2.02. The molecular formula is C19H15N3O. The summed E-state index contributed by atoms with van der Waals surface area (Å²) in [4.78, 5) is 12.5. The molecule has 0 unspecified atom stereocenters. The number of hydrogen-bond donors (Lipinski definition) is 1. The number of aryl methyl sites for hydroxylation is 2. The first-order valence-electron chi connectivity index (χ1n) is 7.04. The molecule has 0 atom stereocenters. The van der Waals surface area contributed by atoms with Gasteiger partial charge in [0, 0.05) is 23.0 Å². The minimum absolute atomic E-state index is 0.0136. The Morgan fingerprint density at radius 2 is 1.57 bits per heavy atom. The van der Waals surface area contributed by atoms with Crippen LogP contribution in [0, 0.1) is 36.5 Å². The van der Waals surface area contributed by atoms with Gasteiger partial charge in [-0.05, 0) is 55.3 Å². The summed E-state index contributed by atoms with van der Waals surface area (Å²) < 4.78 is 0. The zero-order valence-electron chi connectivity index (χ0n) is 12.9. The highest BCUT2D eigenvalue weighted by atomic mass is 16.1. The summed E-state index contributed by atoms with van der Waals surface area (Å²) >= 11 is 0. The molecule has 0 amide bonds. The highest BCUT2D eigenvalue weighted by Crippen LogP contribution is 2.16. The lowest BCUT2D eigenvalue weighted by Gasteiger charge is -2.06. The van der Waals surface area contributed by atoms with E-state index in [1.54, 1.807) is 36.4 Å². The van der Waals surface area contributed by atoms with Gasteiger partial charge in [0.1, 0.15) is 17.7 Å². The summed E-state index contributed by atoms with van der Waals surface area (Å²) in [7, 11) is 0. The second kappa shape index (κ2) is 7.06. The Kier molecular flexibility index (Phi) is 4.92. The molecule has 2 aromatic carbocycles. The molecule has 0 aromatic heterocycles. The van der Waals surface area contributed by atoms with Crippen molar-refractivity contribution in [2.75, 3.05) is 5.32 Å². The van der Waals surface area contributed by atoms with Crippen molar-refractivity contribution < 1.29 is 4.79 Å². The summed E-state index contributed by atoms with van der Waals surface area (Å²) in [5.41, 5.74) is 4.16. The molecule has 0 aliphatic heterocycles. The first kappa shape index (κ1) is 16.0. The van der Waals surface area contributed by atoms with Crippen LogP contribution in [-0.4, -0.2) is 5.78 Å². The quantitative estimate of drug-likeness (QED) is 0.686. The summed E-state index contributed by atoms with van der Waals surface area (Å²) in [6.45, 7) is 3.99. The van der Waals surface area contributed by atoms with Crippen LogP contribution < -0.4 is 5.32 Å². The molecule has 0 heterocycles. The van der Waals surface area contributed by atoms with Crippen LogP contribution in [0.25, 0.3) is 0 Å². The van der Waals surface area contributed by atoms with Crippen LogP contribution in [0.1, 0.15) is 27.0 Å². The average molecular weight is 301 g/mol. The fourth-order valence-corrected chi connectivity index (χ4v) is 2.01. The predicted molar refractivity (Wildman–Crippen MR) is 88.7 cm³/mol. The number of carbonyl (C=O) groups is 1. The highest BCUT2D eigenvalue weighted by molar-refractivity contribution is 6.09. The molecule has 4 heteroatoms. The number of nitrogens with one attached hydrogen (secondary N) is 1. The van der Waals surface area contributed by atoms with Crippen LogP contribution in [-0.2, 0) is 0 Å². The van der Waals surface area contributed by atoms with E-state index in [2.05, 4.69) is 5.32 Å². The standard InChI is InChI=1S/C19H15N3O/c1-13-3-4-17(9-14(13)2)19(23)16-5-7-18(8-6-16)22-12-15(10-20)11-21/h3-9,12,22H,1-2H3. The van der Waals surface area contributed by atoms with E-state index < -0.39 is 0 Å². The van der Waals surface area contributed by atoms with E-state index in [9.17, 15) is 4.79 Å². The molecule has 0 saturated heterocycles. The molecule has 112 valence electrons. The third kappa shape index (κ3) is 3.84. The number of carbonyl (C=O) groups excluding carboxylic acids is 1.